The van der Waals surface area contributed by atoms with Gasteiger partial charge >= 0.3 is 11.9 Å². The summed E-state index contributed by atoms with van der Waals surface area (Å²) in [6.07, 6.45) is 1.28. The third-order valence-electron chi connectivity index (χ3n) is 4.26. The molecule has 0 N–H and O–H groups in total. The summed E-state index contributed by atoms with van der Waals surface area (Å²) in [5, 5.41) is 0.428. The lowest BCUT2D eigenvalue weighted by molar-refractivity contribution is 0.0377. The number of rotatable bonds is 6. The fraction of sp³-hybridized carbons (Fsp3) is 0.333. The molecule has 0 fully saturated rings. The van der Waals surface area contributed by atoms with E-state index in [2.05, 4.69) is 4.98 Å². The molecule has 3 rings (SSSR count). The highest BCUT2D eigenvalue weighted by atomic mass is 32.1. The van der Waals surface area contributed by atoms with Gasteiger partial charge in [0.1, 0.15) is 9.71 Å². The van der Waals surface area contributed by atoms with Crippen LogP contribution in [-0.2, 0) is 16.0 Å². The Balaban J connectivity index is 1.88. The van der Waals surface area contributed by atoms with Crippen LogP contribution < -0.4 is 5.56 Å². The molecule has 0 atom stereocenters. The Bertz CT molecular complexity index is 1110. The van der Waals surface area contributed by atoms with Crippen LogP contribution in [0.25, 0.3) is 10.2 Å². The van der Waals surface area contributed by atoms with Gasteiger partial charge in [0, 0.05) is 0 Å². The lowest BCUT2D eigenvalue weighted by Crippen LogP contribution is -2.21. The smallest absolute Gasteiger partial charge is 0.348 e. The average Bonchev–Trinajstić information content (AvgIpc) is 3.01. The highest BCUT2D eigenvalue weighted by molar-refractivity contribution is 7.20. The van der Waals surface area contributed by atoms with Crippen LogP contribution in [0.4, 0.5) is 0 Å². The van der Waals surface area contributed by atoms with E-state index in [1.165, 1.54) is 10.9 Å². The number of ether oxygens (including phenoxy) is 2. The number of aromatic nitrogens is 2. The Hall–Kier alpha value is -3.00. The number of benzene rings is 1. The lowest BCUT2D eigenvalue weighted by atomic mass is 10.1. The monoisotopic (exact) mass is 414 g/mol. The van der Waals surface area contributed by atoms with E-state index in [-0.39, 0.29) is 24.2 Å². The predicted molar refractivity (Wildman–Crippen MR) is 111 cm³/mol. The zero-order valence-electron chi connectivity index (χ0n) is 16.7. The molecular weight excluding hydrogens is 392 g/mol. The lowest BCUT2D eigenvalue weighted by Gasteiger charge is -2.09. The molecule has 0 spiro atoms. The number of fused-ring (bicyclic) bond motifs is 1. The number of carbonyl (C=O) groups is 2. The average molecular weight is 414 g/mol. The summed E-state index contributed by atoms with van der Waals surface area (Å²) in [5.74, 6) is -0.824. The van der Waals surface area contributed by atoms with Gasteiger partial charge in [-0.2, -0.15) is 0 Å². The number of hydrogen-bond donors (Lipinski definition) is 0. The maximum Gasteiger partial charge on any atom is 0.348 e. The van der Waals surface area contributed by atoms with Gasteiger partial charge in [0.15, 0.2) is 0 Å². The first-order chi connectivity index (χ1) is 13.8. The van der Waals surface area contributed by atoms with E-state index in [4.69, 9.17) is 9.47 Å². The summed E-state index contributed by atoms with van der Waals surface area (Å²) in [5.41, 5.74) is 1.66. The van der Waals surface area contributed by atoms with Crippen LogP contribution in [-0.4, -0.2) is 34.2 Å². The summed E-state index contributed by atoms with van der Waals surface area (Å²) >= 11 is 1.16. The third-order valence-corrected chi connectivity index (χ3v) is 5.44. The second kappa shape index (κ2) is 8.57. The van der Waals surface area contributed by atoms with E-state index in [0.717, 1.165) is 16.9 Å². The fourth-order valence-corrected chi connectivity index (χ4v) is 3.92. The summed E-state index contributed by atoms with van der Waals surface area (Å²) in [6, 6.07) is 6.90. The summed E-state index contributed by atoms with van der Waals surface area (Å²) in [4.78, 5) is 42.2. The Labute approximate surface area is 171 Å². The number of hydrogen-bond acceptors (Lipinski definition) is 7. The van der Waals surface area contributed by atoms with Gasteiger partial charge in [0.2, 0.25) is 0 Å². The van der Waals surface area contributed by atoms with Crippen LogP contribution in [0.15, 0.2) is 35.4 Å². The van der Waals surface area contributed by atoms with Crippen molar-refractivity contribution in [3.8, 4) is 0 Å². The van der Waals surface area contributed by atoms with Crippen molar-refractivity contribution in [2.75, 3.05) is 6.61 Å². The van der Waals surface area contributed by atoms with Crippen molar-refractivity contribution in [1.29, 1.82) is 0 Å². The number of carbonyl (C=O) groups excluding carboxylic acids is 2. The molecule has 0 amide bonds. The molecule has 8 heteroatoms. The Morgan fingerprint density at radius 3 is 2.48 bits per heavy atom. The quantitative estimate of drug-likeness (QED) is 0.573. The second-order valence-electron chi connectivity index (χ2n) is 6.79. The van der Waals surface area contributed by atoms with Gasteiger partial charge in [-0.15, -0.1) is 11.3 Å². The minimum atomic E-state index is -0.442. The van der Waals surface area contributed by atoms with Crippen LogP contribution in [0, 0.1) is 6.92 Å². The molecule has 0 saturated carbocycles. The molecule has 0 unspecified atom stereocenters. The number of thiophene rings is 1. The first kappa shape index (κ1) is 20.7. The molecule has 29 heavy (non-hydrogen) atoms. The maximum atomic E-state index is 12.9. The molecule has 2 heterocycles. The molecule has 0 saturated heterocycles. The standard InChI is InChI=1S/C21H22N2O5S/c1-5-27-21(26)17-13(4)16-18(29-17)22-11-23(19(16)24)10-14-6-8-15(9-7-14)20(25)28-12(2)3/h6-9,11-12H,5,10H2,1-4H3. The van der Waals surface area contributed by atoms with Gasteiger partial charge in [-0.1, -0.05) is 12.1 Å². The Morgan fingerprint density at radius 1 is 1.17 bits per heavy atom. The molecule has 2 aromatic heterocycles. The SMILES string of the molecule is CCOC(=O)c1sc2ncn(Cc3ccc(C(=O)OC(C)C)cc3)c(=O)c2c1C. The molecule has 0 aliphatic carbocycles. The Morgan fingerprint density at radius 2 is 1.86 bits per heavy atom. The maximum absolute atomic E-state index is 12.9. The van der Waals surface area contributed by atoms with Gasteiger partial charge in [-0.05, 0) is 51.0 Å². The molecule has 0 bridgehead atoms. The van der Waals surface area contributed by atoms with Gasteiger partial charge in [-0.3, -0.25) is 9.36 Å². The highest BCUT2D eigenvalue weighted by Gasteiger charge is 2.20. The minimum absolute atomic E-state index is 0.188. The summed E-state index contributed by atoms with van der Waals surface area (Å²) in [7, 11) is 0. The van der Waals surface area contributed by atoms with Crippen molar-refractivity contribution in [1.82, 2.24) is 9.55 Å². The third kappa shape index (κ3) is 4.37. The molecule has 1 aromatic carbocycles. The Kier molecular flexibility index (Phi) is 6.12. The molecule has 0 radical (unpaired) electrons. The van der Waals surface area contributed by atoms with Crippen LogP contribution in [0.1, 0.15) is 51.9 Å². The van der Waals surface area contributed by atoms with Crippen molar-refractivity contribution in [2.45, 2.75) is 40.3 Å². The van der Waals surface area contributed by atoms with E-state index in [9.17, 15) is 14.4 Å². The molecular formula is C21H22N2O5S. The fourth-order valence-electron chi connectivity index (χ4n) is 2.89. The molecule has 0 aliphatic heterocycles. The van der Waals surface area contributed by atoms with Gasteiger partial charge < -0.3 is 9.47 Å². The van der Waals surface area contributed by atoms with Crippen molar-refractivity contribution in [2.24, 2.45) is 0 Å². The van der Waals surface area contributed by atoms with Gasteiger partial charge in [0.25, 0.3) is 5.56 Å². The van der Waals surface area contributed by atoms with Crippen molar-refractivity contribution in [3.63, 3.8) is 0 Å². The van der Waals surface area contributed by atoms with E-state index < -0.39 is 5.97 Å². The van der Waals surface area contributed by atoms with E-state index in [0.29, 0.717) is 32.8 Å². The molecule has 152 valence electrons. The summed E-state index contributed by atoms with van der Waals surface area (Å²) < 4.78 is 11.7. The molecule has 7 nitrogen and oxygen atoms in total. The first-order valence-corrected chi connectivity index (χ1v) is 10.1. The highest BCUT2D eigenvalue weighted by Crippen LogP contribution is 2.27. The molecule has 3 aromatic rings. The normalized spacial score (nSPS) is 11.1. The van der Waals surface area contributed by atoms with E-state index in [1.807, 2.05) is 0 Å². The topological polar surface area (TPSA) is 87.5 Å². The van der Waals surface area contributed by atoms with Gasteiger partial charge in [0.05, 0.1) is 36.5 Å². The van der Waals surface area contributed by atoms with Crippen LogP contribution >= 0.6 is 11.3 Å². The van der Waals surface area contributed by atoms with Crippen molar-refractivity contribution >= 4 is 33.5 Å². The van der Waals surface area contributed by atoms with Crippen LogP contribution in [0.2, 0.25) is 0 Å². The van der Waals surface area contributed by atoms with Crippen LogP contribution in [0.3, 0.4) is 0 Å². The zero-order chi connectivity index (χ0) is 21.1. The minimum Gasteiger partial charge on any atom is -0.462 e. The zero-order valence-corrected chi connectivity index (χ0v) is 17.5. The first-order valence-electron chi connectivity index (χ1n) is 9.27. The number of esters is 2. The summed E-state index contributed by atoms with van der Waals surface area (Å²) in [6.45, 7) is 7.62. The van der Waals surface area contributed by atoms with Crippen molar-refractivity contribution < 1.29 is 19.1 Å². The van der Waals surface area contributed by atoms with Crippen molar-refractivity contribution in [3.05, 3.63) is 62.5 Å². The molecule has 0 aliphatic rings. The van der Waals surface area contributed by atoms with Crippen LogP contribution in [0.5, 0.6) is 0 Å². The largest absolute Gasteiger partial charge is 0.462 e. The van der Waals surface area contributed by atoms with Gasteiger partial charge in [-0.25, -0.2) is 14.6 Å². The van der Waals surface area contributed by atoms with E-state index in [1.54, 1.807) is 52.0 Å². The number of aryl methyl sites for hydroxylation is 1. The number of nitrogens with zero attached hydrogens (tertiary/aromatic N) is 2. The van der Waals surface area contributed by atoms with E-state index >= 15 is 0 Å². The predicted octanol–water partition coefficient (Wildman–Crippen LogP) is 3.56. The second-order valence-corrected chi connectivity index (χ2v) is 7.78.